The first-order valence-electron chi connectivity index (χ1n) is 8.27. The molecular weight excluding hydrogens is 439 g/mol. The number of anilines is 2. The summed E-state index contributed by atoms with van der Waals surface area (Å²) in [6.45, 7) is 1.58. The Morgan fingerprint density at radius 3 is 2.52 bits per heavy atom. The number of sulfonamides is 1. The summed E-state index contributed by atoms with van der Waals surface area (Å²) in [5.41, 5.74) is 0.654. The normalized spacial score (nSPS) is 14.3. The highest BCUT2D eigenvalue weighted by atomic mass is 79.9. The fourth-order valence-corrected chi connectivity index (χ4v) is 4.42. The summed E-state index contributed by atoms with van der Waals surface area (Å²) < 4.78 is 47.0. The van der Waals surface area contributed by atoms with Crippen LogP contribution in [0.2, 0.25) is 0 Å². The van der Waals surface area contributed by atoms with Gasteiger partial charge in [-0.05, 0) is 59.1 Å². The standard InChI is InChI=1S/C18H18BrFN2O4S/c1-26-18(23)14-11-13(5-6-15(14)19)27(24,25)21-12-4-7-17(16(20)10-12)22-8-2-3-9-22/h4-7,10-11,21H,2-3,8-9H2,1H3. The number of hydrogen-bond donors (Lipinski definition) is 1. The predicted octanol–water partition coefficient (Wildman–Crippen LogP) is 3.78. The molecule has 0 saturated carbocycles. The van der Waals surface area contributed by atoms with E-state index in [9.17, 15) is 17.6 Å². The summed E-state index contributed by atoms with van der Waals surface area (Å²) >= 11 is 3.18. The van der Waals surface area contributed by atoms with Crippen molar-refractivity contribution in [2.24, 2.45) is 0 Å². The molecule has 9 heteroatoms. The van der Waals surface area contributed by atoms with Gasteiger partial charge in [0.15, 0.2) is 0 Å². The topological polar surface area (TPSA) is 75.7 Å². The third kappa shape index (κ3) is 4.24. The SMILES string of the molecule is COC(=O)c1cc(S(=O)(=O)Nc2ccc(N3CCCC3)c(F)c2)ccc1Br. The van der Waals surface area contributed by atoms with Crippen molar-refractivity contribution in [3.63, 3.8) is 0 Å². The van der Waals surface area contributed by atoms with Crippen LogP contribution in [0.15, 0.2) is 45.8 Å². The molecule has 0 aliphatic carbocycles. The van der Waals surface area contributed by atoms with Crippen molar-refractivity contribution in [2.45, 2.75) is 17.7 Å². The minimum Gasteiger partial charge on any atom is -0.465 e. The lowest BCUT2D eigenvalue weighted by Gasteiger charge is -2.19. The first-order valence-corrected chi connectivity index (χ1v) is 10.5. The fourth-order valence-electron chi connectivity index (χ4n) is 2.94. The van der Waals surface area contributed by atoms with Crippen molar-refractivity contribution < 1.29 is 22.3 Å². The highest BCUT2D eigenvalue weighted by molar-refractivity contribution is 9.10. The van der Waals surface area contributed by atoms with Gasteiger partial charge in [0.25, 0.3) is 10.0 Å². The number of halogens is 2. The third-order valence-corrected chi connectivity index (χ3v) is 6.37. The molecule has 0 amide bonds. The largest absolute Gasteiger partial charge is 0.465 e. The summed E-state index contributed by atoms with van der Waals surface area (Å²) in [4.78, 5) is 13.6. The van der Waals surface area contributed by atoms with Gasteiger partial charge >= 0.3 is 5.97 Å². The molecule has 0 spiro atoms. The minimum atomic E-state index is -4.00. The van der Waals surface area contributed by atoms with E-state index in [2.05, 4.69) is 25.4 Å². The molecule has 6 nitrogen and oxygen atoms in total. The lowest BCUT2D eigenvalue weighted by atomic mass is 10.2. The maximum absolute atomic E-state index is 14.4. The fraction of sp³-hybridized carbons (Fsp3) is 0.278. The Balaban J connectivity index is 1.86. The molecule has 27 heavy (non-hydrogen) atoms. The molecule has 2 aromatic carbocycles. The average molecular weight is 457 g/mol. The number of hydrogen-bond acceptors (Lipinski definition) is 5. The van der Waals surface area contributed by atoms with E-state index in [0.29, 0.717) is 10.2 Å². The van der Waals surface area contributed by atoms with Crippen LogP contribution in [0.5, 0.6) is 0 Å². The van der Waals surface area contributed by atoms with Crippen LogP contribution < -0.4 is 9.62 Å². The van der Waals surface area contributed by atoms with Crippen LogP contribution in [-0.2, 0) is 14.8 Å². The molecule has 1 saturated heterocycles. The van der Waals surface area contributed by atoms with Gasteiger partial charge < -0.3 is 9.64 Å². The maximum Gasteiger partial charge on any atom is 0.339 e. The van der Waals surface area contributed by atoms with Crippen molar-refractivity contribution in [1.29, 1.82) is 0 Å². The van der Waals surface area contributed by atoms with Crippen LogP contribution in [0, 0.1) is 5.82 Å². The number of carbonyl (C=O) groups is 1. The van der Waals surface area contributed by atoms with Gasteiger partial charge in [-0.2, -0.15) is 0 Å². The van der Waals surface area contributed by atoms with E-state index >= 15 is 0 Å². The van der Waals surface area contributed by atoms with E-state index < -0.39 is 21.8 Å². The van der Waals surface area contributed by atoms with E-state index in [1.807, 2.05) is 4.90 Å². The van der Waals surface area contributed by atoms with Crippen molar-refractivity contribution in [1.82, 2.24) is 0 Å². The van der Waals surface area contributed by atoms with Gasteiger partial charge in [-0.3, -0.25) is 4.72 Å². The second kappa shape index (κ2) is 7.85. The second-order valence-electron chi connectivity index (χ2n) is 6.10. The molecule has 0 atom stereocenters. The molecule has 1 heterocycles. The van der Waals surface area contributed by atoms with E-state index in [1.54, 1.807) is 6.07 Å². The van der Waals surface area contributed by atoms with Gasteiger partial charge in [0.2, 0.25) is 0 Å². The van der Waals surface area contributed by atoms with Gasteiger partial charge in [-0.1, -0.05) is 0 Å². The Labute approximate surface area is 165 Å². The highest BCUT2D eigenvalue weighted by Gasteiger charge is 2.21. The number of rotatable bonds is 5. The Bertz CT molecular complexity index is 975. The van der Waals surface area contributed by atoms with Crippen LogP contribution in [0.4, 0.5) is 15.8 Å². The van der Waals surface area contributed by atoms with Crippen molar-refractivity contribution in [3.05, 3.63) is 52.3 Å². The van der Waals surface area contributed by atoms with Crippen LogP contribution in [0.1, 0.15) is 23.2 Å². The molecule has 1 aliphatic heterocycles. The Kier molecular flexibility index (Phi) is 5.71. The Morgan fingerprint density at radius 2 is 1.89 bits per heavy atom. The molecule has 1 fully saturated rings. The quantitative estimate of drug-likeness (QED) is 0.692. The molecule has 0 radical (unpaired) electrons. The van der Waals surface area contributed by atoms with Gasteiger partial charge in [0.05, 0.1) is 28.9 Å². The number of benzene rings is 2. The number of nitrogens with one attached hydrogen (secondary N) is 1. The zero-order valence-corrected chi connectivity index (χ0v) is 16.9. The molecule has 1 N–H and O–H groups in total. The molecule has 1 aliphatic rings. The smallest absolute Gasteiger partial charge is 0.339 e. The first kappa shape index (κ1) is 19.6. The predicted molar refractivity (Wildman–Crippen MR) is 104 cm³/mol. The number of methoxy groups -OCH3 is 1. The van der Waals surface area contributed by atoms with Gasteiger partial charge in [-0.25, -0.2) is 17.6 Å². The summed E-state index contributed by atoms with van der Waals surface area (Å²) in [5.74, 6) is -1.15. The number of ether oxygens (including phenoxy) is 1. The van der Waals surface area contributed by atoms with Crippen LogP contribution in [0.25, 0.3) is 0 Å². The van der Waals surface area contributed by atoms with Crippen molar-refractivity contribution >= 4 is 43.3 Å². The zero-order valence-electron chi connectivity index (χ0n) is 14.5. The molecular formula is C18H18BrFN2O4S. The Morgan fingerprint density at radius 1 is 1.19 bits per heavy atom. The van der Waals surface area contributed by atoms with E-state index in [4.69, 9.17) is 0 Å². The van der Waals surface area contributed by atoms with E-state index in [-0.39, 0.29) is 16.1 Å². The molecule has 2 aromatic rings. The lowest BCUT2D eigenvalue weighted by Crippen LogP contribution is -2.19. The van der Waals surface area contributed by atoms with Crippen LogP contribution in [-0.4, -0.2) is 34.6 Å². The second-order valence-corrected chi connectivity index (χ2v) is 8.64. The summed E-state index contributed by atoms with van der Waals surface area (Å²) in [6.07, 6.45) is 2.03. The minimum absolute atomic E-state index is 0.0796. The number of esters is 1. The average Bonchev–Trinajstić information content (AvgIpc) is 3.15. The van der Waals surface area contributed by atoms with Crippen molar-refractivity contribution in [3.8, 4) is 0 Å². The number of carbonyl (C=O) groups excluding carboxylic acids is 1. The molecule has 3 rings (SSSR count). The van der Waals surface area contributed by atoms with Crippen molar-refractivity contribution in [2.75, 3.05) is 29.8 Å². The van der Waals surface area contributed by atoms with E-state index in [1.165, 1.54) is 31.4 Å². The van der Waals surface area contributed by atoms with Gasteiger partial charge in [0.1, 0.15) is 5.82 Å². The monoisotopic (exact) mass is 456 g/mol. The van der Waals surface area contributed by atoms with Crippen LogP contribution >= 0.6 is 15.9 Å². The molecule has 0 unspecified atom stereocenters. The summed E-state index contributed by atoms with van der Waals surface area (Å²) in [7, 11) is -2.79. The zero-order chi connectivity index (χ0) is 19.6. The third-order valence-electron chi connectivity index (χ3n) is 4.30. The highest BCUT2D eigenvalue weighted by Crippen LogP contribution is 2.28. The first-order chi connectivity index (χ1) is 12.8. The number of nitrogens with zero attached hydrogens (tertiary/aromatic N) is 1. The Hall–Kier alpha value is -2.13. The lowest BCUT2D eigenvalue weighted by molar-refractivity contribution is 0.0599. The maximum atomic E-state index is 14.4. The molecule has 0 bridgehead atoms. The van der Waals surface area contributed by atoms with Gasteiger partial charge in [-0.15, -0.1) is 0 Å². The van der Waals surface area contributed by atoms with Crippen LogP contribution in [0.3, 0.4) is 0 Å². The summed E-state index contributed by atoms with van der Waals surface area (Å²) in [5, 5.41) is 0. The molecule has 0 aromatic heterocycles. The molecule has 144 valence electrons. The van der Waals surface area contributed by atoms with Gasteiger partial charge in [0, 0.05) is 23.6 Å². The van der Waals surface area contributed by atoms with E-state index in [0.717, 1.165) is 32.0 Å². The summed E-state index contributed by atoms with van der Waals surface area (Å²) in [6, 6.07) is 8.23.